The van der Waals surface area contributed by atoms with E-state index in [0.29, 0.717) is 0 Å². The Morgan fingerprint density at radius 1 is 0.424 bits per heavy atom. The zero-order valence-corrected chi connectivity index (χ0v) is 33.9. The van der Waals surface area contributed by atoms with Gasteiger partial charge in [0.25, 0.3) is 5.99 Å². The fraction of sp³-hybridized carbons (Fsp3) is 0. The van der Waals surface area contributed by atoms with E-state index in [1.165, 1.54) is 69.5 Å². The molecule has 276 valence electrons. The van der Waals surface area contributed by atoms with Crippen LogP contribution in [0.5, 0.6) is 11.5 Å². The molecule has 10 aromatic rings. The highest BCUT2D eigenvalue weighted by atomic mass is 32.2. The van der Waals surface area contributed by atoms with Crippen molar-refractivity contribution in [3.63, 3.8) is 0 Å². The van der Waals surface area contributed by atoms with Gasteiger partial charge >= 0.3 is 0 Å². The minimum absolute atomic E-state index is 0.0746. The average Bonchev–Trinajstić information content (AvgIpc) is 3.65. The van der Waals surface area contributed by atoms with E-state index in [9.17, 15) is 0 Å². The van der Waals surface area contributed by atoms with Crippen molar-refractivity contribution in [2.75, 3.05) is 0 Å². The monoisotopic (exact) mass is 785 g/mol. The van der Waals surface area contributed by atoms with Gasteiger partial charge < -0.3 is 9.30 Å². The molecular weight excluding hydrogens is 750 g/mol. The van der Waals surface area contributed by atoms with Gasteiger partial charge in [0.1, 0.15) is 11.5 Å². The summed E-state index contributed by atoms with van der Waals surface area (Å²) in [4.78, 5) is 1.29. The lowest BCUT2D eigenvalue weighted by Crippen LogP contribution is -2.75. The predicted octanol–water partition coefficient (Wildman–Crippen LogP) is 9.81. The van der Waals surface area contributed by atoms with Gasteiger partial charge in [-0.3, -0.25) is 0 Å². The summed E-state index contributed by atoms with van der Waals surface area (Å²) in [7, 11) is -2.74. The van der Waals surface area contributed by atoms with E-state index in [0.717, 1.165) is 28.3 Å². The third kappa shape index (κ3) is 5.28. The van der Waals surface area contributed by atoms with Crippen LogP contribution in [0.1, 0.15) is 0 Å². The first kappa shape index (κ1) is 34.3. The van der Waals surface area contributed by atoms with Crippen molar-refractivity contribution in [2.45, 2.75) is 4.90 Å². The van der Waals surface area contributed by atoms with Crippen LogP contribution in [-0.4, -0.2) is 18.6 Å². The molecule has 0 spiro atoms. The number of aromatic nitrogens is 1. The lowest BCUT2D eigenvalue weighted by atomic mass is 9.57. The molecule has 0 amide bonds. The Hall–Kier alpha value is -6.79. The van der Waals surface area contributed by atoms with Gasteiger partial charge in [0.05, 0.1) is 11.0 Å². The maximum atomic E-state index is 7.10. The number of rotatable bonds is 6. The van der Waals surface area contributed by atoms with E-state index in [-0.39, 0.29) is 5.99 Å². The van der Waals surface area contributed by atoms with Crippen LogP contribution in [0.25, 0.3) is 49.7 Å². The first-order valence-corrected chi connectivity index (χ1v) is 23.2. The van der Waals surface area contributed by atoms with Crippen molar-refractivity contribution in [3.8, 4) is 39.4 Å². The van der Waals surface area contributed by atoms with E-state index in [4.69, 9.17) is 4.74 Å². The summed E-state index contributed by atoms with van der Waals surface area (Å²) in [6.45, 7) is 0. The molecular formula is C54H36BNOSSi. The first-order valence-electron chi connectivity index (χ1n) is 20.3. The predicted molar refractivity (Wildman–Crippen MR) is 253 cm³/mol. The lowest BCUT2D eigenvalue weighted by Gasteiger charge is -2.37. The minimum atomic E-state index is -2.74. The number of hydrogen-bond acceptors (Lipinski definition) is 2. The number of fused-ring (bicyclic) bond motifs is 7. The number of para-hydroxylation sites is 2. The second-order valence-corrected chi connectivity index (χ2v) is 20.5. The minimum Gasteiger partial charge on any atom is -0.458 e. The summed E-state index contributed by atoms with van der Waals surface area (Å²) in [5.41, 5.74) is 10.8. The van der Waals surface area contributed by atoms with E-state index in [2.05, 4.69) is 223 Å². The molecule has 0 atom stereocenters. The van der Waals surface area contributed by atoms with Crippen molar-refractivity contribution < 1.29 is 4.74 Å². The first-order chi connectivity index (χ1) is 29.3. The summed E-state index contributed by atoms with van der Waals surface area (Å²) in [5, 5.41) is 7.97. The highest BCUT2D eigenvalue weighted by Gasteiger charge is 2.44. The quantitative estimate of drug-likeness (QED) is 0.123. The molecule has 2 aliphatic heterocycles. The SMILES string of the molecule is c1ccc([Si](c2ccccc2)(c2ccccc2)c2ccc3c(c2)B2Sc4ccccc4-c4cc(-c5cccc(-n6c7ccccc7c7ccccc76)c5)cc(c42)O3)cc1. The van der Waals surface area contributed by atoms with Crippen LogP contribution in [-0.2, 0) is 0 Å². The average molecular weight is 786 g/mol. The zero-order valence-electron chi connectivity index (χ0n) is 32.1. The zero-order chi connectivity index (χ0) is 38.9. The third-order valence-corrected chi connectivity index (χ3v) is 18.5. The molecule has 0 N–H and O–H groups in total. The van der Waals surface area contributed by atoms with Gasteiger partial charge in [0.2, 0.25) is 0 Å². The topological polar surface area (TPSA) is 14.2 Å². The van der Waals surface area contributed by atoms with Crippen molar-refractivity contribution in [2.24, 2.45) is 0 Å². The van der Waals surface area contributed by atoms with Crippen LogP contribution in [0.3, 0.4) is 0 Å². The Balaban J connectivity index is 1.04. The Morgan fingerprint density at radius 2 is 1.02 bits per heavy atom. The second kappa shape index (κ2) is 13.7. The summed E-state index contributed by atoms with van der Waals surface area (Å²) < 4.78 is 9.50. The molecule has 0 saturated heterocycles. The van der Waals surface area contributed by atoms with Crippen molar-refractivity contribution in [1.29, 1.82) is 0 Å². The molecule has 2 nitrogen and oxygen atoms in total. The van der Waals surface area contributed by atoms with Gasteiger partial charge in [0, 0.05) is 21.4 Å². The highest BCUT2D eigenvalue weighted by Crippen LogP contribution is 2.45. The Bertz CT molecular complexity index is 3090. The molecule has 0 unspecified atom stereocenters. The molecule has 5 heteroatoms. The Labute approximate surface area is 349 Å². The molecule has 9 aromatic carbocycles. The molecule has 0 radical (unpaired) electrons. The molecule has 59 heavy (non-hydrogen) atoms. The highest BCUT2D eigenvalue weighted by molar-refractivity contribution is 8.28. The van der Waals surface area contributed by atoms with Crippen molar-refractivity contribution in [3.05, 3.63) is 218 Å². The lowest BCUT2D eigenvalue weighted by molar-refractivity contribution is 0.488. The largest absolute Gasteiger partial charge is 0.458 e. The number of benzene rings is 9. The van der Waals surface area contributed by atoms with Crippen LogP contribution in [0.2, 0.25) is 0 Å². The summed E-state index contributed by atoms with van der Waals surface area (Å²) in [6, 6.07) is 80.6. The van der Waals surface area contributed by atoms with E-state index in [1.54, 1.807) is 0 Å². The van der Waals surface area contributed by atoms with Gasteiger partial charge in [-0.25, -0.2) is 0 Å². The molecule has 3 heterocycles. The number of nitrogens with zero attached hydrogens (tertiary/aromatic N) is 1. The number of ether oxygens (including phenoxy) is 1. The maximum Gasteiger partial charge on any atom is 0.289 e. The molecule has 0 saturated carbocycles. The van der Waals surface area contributed by atoms with E-state index in [1.807, 2.05) is 11.6 Å². The van der Waals surface area contributed by atoms with Crippen molar-refractivity contribution >= 4 is 79.2 Å². The second-order valence-electron chi connectivity index (χ2n) is 15.6. The smallest absolute Gasteiger partial charge is 0.289 e. The van der Waals surface area contributed by atoms with Crippen LogP contribution in [0, 0.1) is 0 Å². The van der Waals surface area contributed by atoms with Crippen LogP contribution >= 0.6 is 11.6 Å². The van der Waals surface area contributed by atoms with E-state index >= 15 is 0 Å². The van der Waals surface area contributed by atoms with Crippen LogP contribution in [0.4, 0.5) is 0 Å². The fourth-order valence-corrected chi connectivity index (χ4v) is 16.0. The Morgan fingerprint density at radius 3 is 1.68 bits per heavy atom. The van der Waals surface area contributed by atoms with Gasteiger partial charge in [-0.15, -0.1) is 0 Å². The normalized spacial score (nSPS) is 12.8. The van der Waals surface area contributed by atoms with Crippen LogP contribution in [0.15, 0.2) is 223 Å². The summed E-state index contributed by atoms with van der Waals surface area (Å²) >= 11 is 1.95. The molecule has 0 bridgehead atoms. The van der Waals surface area contributed by atoms with Gasteiger partial charge in [-0.2, -0.15) is 11.6 Å². The van der Waals surface area contributed by atoms with Crippen molar-refractivity contribution in [1.82, 2.24) is 4.57 Å². The third-order valence-electron chi connectivity index (χ3n) is 12.4. The van der Waals surface area contributed by atoms with E-state index < -0.39 is 8.07 Å². The van der Waals surface area contributed by atoms with Gasteiger partial charge in [-0.05, 0) is 102 Å². The molecule has 1 aromatic heterocycles. The molecule has 12 rings (SSSR count). The van der Waals surface area contributed by atoms with Gasteiger partial charge in [0.15, 0.2) is 8.07 Å². The maximum absolute atomic E-state index is 7.10. The standard InChI is InChI=1S/C54H36BNOSSi/c1-4-19-40(20-5-1)59(41-21-6-2-7-22-41,42-23-8-3-9-24-42)43-31-32-51-48(36-43)55-54-47(46-27-12-15-30-53(46)58-55)34-38(35-52(54)57-51)37-17-16-18-39(33-37)56-49-28-13-10-25-44(49)45-26-11-14-29-50(45)56/h1-36H. The summed E-state index contributed by atoms with van der Waals surface area (Å²) in [6.07, 6.45) is 0. The Kier molecular flexibility index (Phi) is 7.94. The number of hydrogen-bond donors (Lipinski definition) is 0. The molecule has 0 fully saturated rings. The molecule has 0 aliphatic carbocycles. The summed E-state index contributed by atoms with van der Waals surface area (Å²) in [5.74, 6) is 1.94. The van der Waals surface area contributed by atoms with Crippen LogP contribution < -0.4 is 36.4 Å². The molecule has 2 aliphatic rings. The fourth-order valence-electron chi connectivity index (χ4n) is 9.86. The van der Waals surface area contributed by atoms with Gasteiger partial charge in [-0.1, -0.05) is 170 Å².